The Hall–Kier alpha value is -0.690. The van der Waals surface area contributed by atoms with Crippen molar-refractivity contribution in [3.8, 4) is 5.75 Å². The molecule has 1 aromatic rings. The molecule has 0 aliphatic carbocycles. The van der Waals surface area contributed by atoms with Gasteiger partial charge in [0.05, 0.1) is 16.0 Å². The van der Waals surface area contributed by atoms with Crippen LogP contribution in [0, 0.1) is 15.9 Å². The summed E-state index contributed by atoms with van der Waals surface area (Å²) in [5.41, 5.74) is -0.233. The average Bonchev–Trinajstić information content (AvgIpc) is 2.32. The summed E-state index contributed by atoms with van der Waals surface area (Å²) in [5.74, 6) is -0.601. The van der Waals surface area contributed by atoms with Crippen molar-refractivity contribution in [1.82, 2.24) is 0 Å². The topological polar surface area (TPSA) is 52.4 Å². The van der Waals surface area contributed by atoms with Gasteiger partial charge in [0.2, 0.25) is 0 Å². The van der Waals surface area contributed by atoms with Crippen molar-refractivity contribution in [2.24, 2.45) is 0 Å². The number of nitro groups is 1. The lowest BCUT2D eigenvalue weighted by Crippen LogP contribution is -2.01. The van der Waals surface area contributed by atoms with Crippen LogP contribution in [-0.4, -0.2) is 16.9 Å². The Morgan fingerprint density at radius 1 is 1.33 bits per heavy atom. The van der Waals surface area contributed by atoms with Gasteiger partial charge in [-0.3, -0.25) is 10.1 Å². The first kappa shape index (κ1) is 15.4. The van der Waals surface area contributed by atoms with Crippen LogP contribution in [0.2, 0.25) is 0 Å². The zero-order valence-corrected chi connectivity index (χ0v) is 12.7. The summed E-state index contributed by atoms with van der Waals surface area (Å²) in [6.07, 6.45) is 2.75. The third-order valence-corrected chi connectivity index (χ3v) is 3.40. The summed E-state index contributed by atoms with van der Waals surface area (Å²) in [6.45, 7) is 0.342. The Labute approximate surface area is 121 Å². The third kappa shape index (κ3) is 4.53. The molecule has 0 spiro atoms. The van der Waals surface area contributed by atoms with Crippen LogP contribution < -0.4 is 4.74 Å². The predicted octanol–water partition coefficient (Wildman–Crippen LogP) is 4.44. The highest BCUT2D eigenvalue weighted by Gasteiger charge is 2.18. The van der Waals surface area contributed by atoms with Crippen molar-refractivity contribution in [1.29, 1.82) is 0 Å². The minimum atomic E-state index is -0.585. The maximum atomic E-state index is 13.3. The highest BCUT2D eigenvalue weighted by Crippen LogP contribution is 2.32. The molecule has 0 saturated carbocycles. The van der Waals surface area contributed by atoms with Gasteiger partial charge >= 0.3 is 5.69 Å². The van der Waals surface area contributed by atoms with Crippen LogP contribution in [0.15, 0.2) is 16.6 Å². The van der Waals surface area contributed by atoms with Crippen molar-refractivity contribution < 1.29 is 14.1 Å². The zero-order valence-electron chi connectivity index (χ0n) is 9.50. The number of rotatable bonds is 7. The summed E-state index contributed by atoms with van der Waals surface area (Å²) in [6, 6.07) is 2.15. The Kier molecular flexibility index (Phi) is 6.56. The summed E-state index contributed by atoms with van der Waals surface area (Å²) < 4.78 is 18.6. The molecule has 18 heavy (non-hydrogen) atoms. The SMILES string of the molecule is O=[N+]([O-])c1cc(Br)c(F)cc1OCCCCCBr. The normalized spacial score (nSPS) is 10.4. The minimum absolute atomic E-state index is 0.0282. The highest BCUT2D eigenvalue weighted by atomic mass is 79.9. The summed E-state index contributed by atoms with van der Waals surface area (Å²) in [5, 5.41) is 11.7. The molecule has 0 amide bonds. The summed E-state index contributed by atoms with van der Waals surface area (Å²) in [4.78, 5) is 10.2. The fraction of sp³-hybridized carbons (Fsp3) is 0.455. The molecule has 0 aliphatic rings. The van der Waals surface area contributed by atoms with Crippen LogP contribution in [-0.2, 0) is 0 Å². The van der Waals surface area contributed by atoms with Gasteiger partial charge in [0.25, 0.3) is 0 Å². The Morgan fingerprint density at radius 2 is 2.06 bits per heavy atom. The first-order valence-corrected chi connectivity index (χ1v) is 7.30. The van der Waals surface area contributed by atoms with Gasteiger partial charge in [-0.25, -0.2) is 4.39 Å². The number of benzene rings is 1. The average molecular weight is 385 g/mol. The van der Waals surface area contributed by atoms with Crippen molar-refractivity contribution >= 4 is 37.5 Å². The molecular formula is C11H12Br2FNO3. The van der Waals surface area contributed by atoms with Gasteiger partial charge in [-0.05, 0) is 35.2 Å². The zero-order chi connectivity index (χ0) is 13.5. The molecule has 0 saturated heterocycles. The smallest absolute Gasteiger partial charge is 0.312 e. The van der Waals surface area contributed by atoms with Gasteiger partial charge in [0.1, 0.15) is 5.82 Å². The van der Waals surface area contributed by atoms with E-state index >= 15 is 0 Å². The van der Waals surface area contributed by atoms with Crippen LogP contribution in [0.25, 0.3) is 0 Å². The molecule has 4 nitrogen and oxygen atoms in total. The van der Waals surface area contributed by atoms with E-state index in [-0.39, 0.29) is 15.9 Å². The predicted molar refractivity (Wildman–Crippen MR) is 73.9 cm³/mol. The number of unbranched alkanes of at least 4 members (excludes halogenated alkanes) is 2. The van der Waals surface area contributed by atoms with E-state index in [1.165, 1.54) is 0 Å². The second-order valence-electron chi connectivity index (χ2n) is 3.59. The summed E-state index contributed by atoms with van der Waals surface area (Å²) in [7, 11) is 0. The Bertz CT molecular complexity index is 429. The molecule has 0 heterocycles. The largest absolute Gasteiger partial charge is 0.487 e. The van der Waals surface area contributed by atoms with Crippen molar-refractivity contribution in [2.75, 3.05) is 11.9 Å². The fourth-order valence-corrected chi connectivity index (χ4v) is 2.06. The molecule has 0 fully saturated rings. The van der Waals surface area contributed by atoms with Gasteiger partial charge < -0.3 is 4.74 Å². The minimum Gasteiger partial charge on any atom is -0.487 e. The molecule has 1 rings (SSSR count). The maximum absolute atomic E-state index is 13.3. The van der Waals surface area contributed by atoms with Gasteiger partial charge in [-0.1, -0.05) is 15.9 Å². The molecule has 0 bridgehead atoms. The molecule has 0 aliphatic heterocycles. The van der Waals surface area contributed by atoms with Crippen LogP contribution in [0.1, 0.15) is 19.3 Å². The monoisotopic (exact) mass is 383 g/mol. The Morgan fingerprint density at radius 3 is 2.67 bits per heavy atom. The molecule has 7 heteroatoms. The maximum Gasteiger partial charge on any atom is 0.312 e. The molecule has 0 radical (unpaired) electrons. The number of halogens is 3. The number of hydrogen-bond donors (Lipinski definition) is 0. The number of nitrogens with zero attached hydrogens (tertiary/aromatic N) is 1. The quantitative estimate of drug-likeness (QED) is 0.302. The van der Waals surface area contributed by atoms with Crippen LogP contribution in [0.5, 0.6) is 5.75 Å². The number of nitro benzene ring substituents is 1. The third-order valence-electron chi connectivity index (χ3n) is 2.23. The van der Waals surface area contributed by atoms with E-state index in [0.29, 0.717) is 6.61 Å². The van der Waals surface area contributed by atoms with E-state index in [1.54, 1.807) is 0 Å². The highest BCUT2D eigenvalue weighted by molar-refractivity contribution is 9.10. The summed E-state index contributed by atoms with van der Waals surface area (Å²) >= 11 is 6.22. The first-order chi connectivity index (χ1) is 8.56. The van der Waals surface area contributed by atoms with Crippen molar-refractivity contribution in [2.45, 2.75) is 19.3 Å². The van der Waals surface area contributed by atoms with Crippen LogP contribution >= 0.6 is 31.9 Å². The van der Waals surface area contributed by atoms with Crippen LogP contribution in [0.3, 0.4) is 0 Å². The van der Waals surface area contributed by atoms with Gasteiger partial charge in [-0.15, -0.1) is 0 Å². The lowest BCUT2D eigenvalue weighted by Gasteiger charge is -2.07. The lowest BCUT2D eigenvalue weighted by atomic mass is 10.2. The lowest BCUT2D eigenvalue weighted by molar-refractivity contribution is -0.386. The van der Waals surface area contributed by atoms with Gasteiger partial charge in [0.15, 0.2) is 5.75 Å². The van der Waals surface area contributed by atoms with Crippen molar-refractivity contribution in [3.63, 3.8) is 0 Å². The van der Waals surface area contributed by atoms with E-state index < -0.39 is 10.7 Å². The van der Waals surface area contributed by atoms with E-state index in [9.17, 15) is 14.5 Å². The number of alkyl halides is 1. The van der Waals surface area contributed by atoms with Gasteiger partial charge in [-0.2, -0.15) is 0 Å². The van der Waals surface area contributed by atoms with Gasteiger partial charge in [0, 0.05) is 17.5 Å². The second-order valence-corrected chi connectivity index (χ2v) is 5.24. The molecule has 1 aromatic carbocycles. The van der Waals surface area contributed by atoms with E-state index in [4.69, 9.17) is 4.74 Å². The van der Waals surface area contributed by atoms with E-state index in [1.807, 2.05) is 0 Å². The number of ether oxygens (including phenoxy) is 1. The molecule has 0 unspecified atom stereocenters. The second kappa shape index (κ2) is 7.68. The number of hydrogen-bond acceptors (Lipinski definition) is 3. The van der Waals surface area contributed by atoms with Crippen LogP contribution in [0.4, 0.5) is 10.1 Å². The van der Waals surface area contributed by atoms with E-state index in [0.717, 1.165) is 36.7 Å². The first-order valence-electron chi connectivity index (χ1n) is 5.38. The standard InChI is InChI=1S/C11H12Br2FNO3/c12-4-2-1-3-5-18-11-7-9(14)8(13)6-10(11)15(16)17/h6-7H,1-5H2. The van der Waals surface area contributed by atoms with Crippen molar-refractivity contribution in [3.05, 3.63) is 32.5 Å². The van der Waals surface area contributed by atoms with E-state index in [2.05, 4.69) is 31.9 Å². The molecule has 0 N–H and O–H groups in total. The Balaban J connectivity index is 2.68. The fourth-order valence-electron chi connectivity index (χ4n) is 1.33. The molecular weight excluding hydrogens is 373 g/mol. The molecule has 100 valence electrons. The molecule has 0 atom stereocenters. The molecule has 0 aromatic heterocycles.